The molecule has 1 unspecified atom stereocenters. The van der Waals surface area contributed by atoms with Crippen molar-refractivity contribution in [3.05, 3.63) is 35.4 Å². The highest BCUT2D eigenvalue weighted by Crippen LogP contribution is 2.20. The van der Waals surface area contributed by atoms with Gasteiger partial charge in [0.2, 0.25) is 0 Å². The number of fused-ring (bicyclic) bond motifs is 1. The van der Waals surface area contributed by atoms with E-state index in [1.165, 1.54) is 24.8 Å². The second kappa shape index (κ2) is 6.77. The third-order valence-electron chi connectivity index (χ3n) is 3.45. The molecule has 0 radical (unpaired) electrons. The van der Waals surface area contributed by atoms with Gasteiger partial charge in [-0.15, -0.1) is 0 Å². The quantitative estimate of drug-likeness (QED) is 0.762. The molecule has 0 amide bonds. The van der Waals surface area contributed by atoms with E-state index in [9.17, 15) is 0 Å². The molecule has 0 bridgehead atoms. The van der Waals surface area contributed by atoms with E-state index in [2.05, 4.69) is 29.6 Å². The molecule has 1 aromatic carbocycles. The van der Waals surface area contributed by atoms with Crippen molar-refractivity contribution in [2.75, 3.05) is 19.8 Å². The molecule has 2 heteroatoms. The standard InChI is InChI=1S/C15H23NO/c1-2-17-11-5-10-16-15-9-8-13-6-3-4-7-14(13)12-15/h3-4,6-7,15-16H,2,5,8-12H2,1H3. The predicted molar refractivity (Wildman–Crippen MR) is 71.4 cm³/mol. The number of benzene rings is 1. The molecule has 1 aliphatic rings. The molecule has 94 valence electrons. The van der Waals surface area contributed by atoms with Crippen molar-refractivity contribution in [2.24, 2.45) is 0 Å². The van der Waals surface area contributed by atoms with Crippen LogP contribution in [0.2, 0.25) is 0 Å². The number of rotatable bonds is 6. The van der Waals surface area contributed by atoms with Crippen molar-refractivity contribution in [3.63, 3.8) is 0 Å². The van der Waals surface area contributed by atoms with E-state index in [4.69, 9.17) is 4.74 Å². The molecule has 1 atom stereocenters. The summed E-state index contributed by atoms with van der Waals surface area (Å²) < 4.78 is 5.34. The summed E-state index contributed by atoms with van der Waals surface area (Å²) in [5.41, 5.74) is 3.07. The van der Waals surface area contributed by atoms with Gasteiger partial charge in [-0.1, -0.05) is 24.3 Å². The van der Waals surface area contributed by atoms with Gasteiger partial charge in [-0.25, -0.2) is 0 Å². The van der Waals surface area contributed by atoms with Gasteiger partial charge in [-0.2, -0.15) is 0 Å². The van der Waals surface area contributed by atoms with Crippen LogP contribution in [-0.2, 0) is 17.6 Å². The molecule has 0 saturated heterocycles. The fourth-order valence-corrected chi connectivity index (χ4v) is 2.50. The lowest BCUT2D eigenvalue weighted by atomic mass is 9.88. The first-order valence-electron chi connectivity index (χ1n) is 6.78. The van der Waals surface area contributed by atoms with Crippen LogP contribution in [0, 0.1) is 0 Å². The summed E-state index contributed by atoms with van der Waals surface area (Å²) in [4.78, 5) is 0. The third kappa shape index (κ3) is 3.83. The van der Waals surface area contributed by atoms with Crippen LogP contribution in [-0.4, -0.2) is 25.8 Å². The van der Waals surface area contributed by atoms with Gasteiger partial charge in [0.25, 0.3) is 0 Å². The van der Waals surface area contributed by atoms with Crippen LogP contribution in [0.25, 0.3) is 0 Å². The summed E-state index contributed by atoms with van der Waals surface area (Å²) in [6.07, 6.45) is 4.79. The van der Waals surface area contributed by atoms with Gasteiger partial charge in [0.05, 0.1) is 0 Å². The number of ether oxygens (including phenoxy) is 1. The Morgan fingerprint density at radius 1 is 1.29 bits per heavy atom. The Bertz CT molecular complexity index is 337. The van der Waals surface area contributed by atoms with E-state index in [0.717, 1.165) is 26.2 Å². The highest BCUT2D eigenvalue weighted by molar-refractivity contribution is 5.30. The number of nitrogens with one attached hydrogen (secondary N) is 1. The van der Waals surface area contributed by atoms with E-state index in [0.29, 0.717) is 6.04 Å². The van der Waals surface area contributed by atoms with Crippen LogP contribution in [0.3, 0.4) is 0 Å². The van der Waals surface area contributed by atoms with Gasteiger partial charge >= 0.3 is 0 Å². The Morgan fingerprint density at radius 3 is 2.94 bits per heavy atom. The van der Waals surface area contributed by atoms with Crippen LogP contribution in [0.1, 0.15) is 30.9 Å². The molecule has 0 heterocycles. The van der Waals surface area contributed by atoms with Gasteiger partial charge in [0.1, 0.15) is 0 Å². The first kappa shape index (κ1) is 12.6. The lowest BCUT2D eigenvalue weighted by molar-refractivity contribution is 0.144. The molecule has 0 saturated carbocycles. The largest absolute Gasteiger partial charge is 0.382 e. The minimum Gasteiger partial charge on any atom is -0.382 e. The second-order valence-electron chi connectivity index (χ2n) is 4.71. The molecule has 0 spiro atoms. The average Bonchev–Trinajstić information content (AvgIpc) is 2.38. The van der Waals surface area contributed by atoms with Crippen LogP contribution in [0.15, 0.2) is 24.3 Å². The molecule has 2 rings (SSSR count). The van der Waals surface area contributed by atoms with Crippen molar-refractivity contribution in [2.45, 2.75) is 38.6 Å². The smallest absolute Gasteiger partial charge is 0.0477 e. The van der Waals surface area contributed by atoms with Crippen LogP contribution >= 0.6 is 0 Å². The number of aryl methyl sites for hydroxylation is 1. The second-order valence-corrected chi connectivity index (χ2v) is 4.71. The third-order valence-corrected chi connectivity index (χ3v) is 3.45. The number of hydrogen-bond donors (Lipinski definition) is 1. The summed E-state index contributed by atoms with van der Waals surface area (Å²) in [5.74, 6) is 0. The fraction of sp³-hybridized carbons (Fsp3) is 0.600. The van der Waals surface area contributed by atoms with Crippen LogP contribution < -0.4 is 5.32 Å². The van der Waals surface area contributed by atoms with Crippen molar-refractivity contribution in [1.29, 1.82) is 0 Å². The molecule has 1 N–H and O–H groups in total. The van der Waals surface area contributed by atoms with Gasteiger partial charge in [-0.05, 0) is 50.3 Å². The molecule has 1 aromatic rings. The Labute approximate surface area is 104 Å². The van der Waals surface area contributed by atoms with Crippen LogP contribution in [0.5, 0.6) is 0 Å². The van der Waals surface area contributed by atoms with Gasteiger partial charge in [0, 0.05) is 19.3 Å². The Hall–Kier alpha value is -0.860. The molecule has 17 heavy (non-hydrogen) atoms. The summed E-state index contributed by atoms with van der Waals surface area (Å²) >= 11 is 0. The van der Waals surface area contributed by atoms with E-state index >= 15 is 0 Å². The van der Waals surface area contributed by atoms with Crippen LogP contribution in [0.4, 0.5) is 0 Å². The number of hydrogen-bond acceptors (Lipinski definition) is 2. The van der Waals surface area contributed by atoms with Crippen molar-refractivity contribution < 1.29 is 4.74 Å². The topological polar surface area (TPSA) is 21.3 Å². The summed E-state index contributed by atoms with van der Waals surface area (Å²) in [5, 5.41) is 3.64. The highest BCUT2D eigenvalue weighted by Gasteiger charge is 2.16. The Morgan fingerprint density at radius 2 is 2.12 bits per heavy atom. The van der Waals surface area contributed by atoms with Gasteiger partial charge < -0.3 is 10.1 Å². The molecule has 0 fully saturated rings. The van der Waals surface area contributed by atoms with Crippen molar-refractivity contribution in [1.82, 2.24) is 5.32 Å². The van der Waals surface area contributed by atoms with Crippen molar-refractivity contribution >= 4 is 0 Å². The molecule has 1 aliphatic carbocycles. The van der Waals surface area contributed by atoms with Gasteiger partial charge in [0.15, 0.2) is 0 Å². The van der Waals surface area contributed by atoms with Gasteiger partial charge in [-0.3, -0.25) is 0 Å². The summed E-state index contributed by atoms with van der Waals surface area (Å²) in [6, 6.07) is 9.49. The monoisotopic (exact) mass is 233 g/mol. The van der Waals surface area contributed by atoms with E-state index in [1.54, 1.807) is 5.56 Å². The molecular weight excluding hydrogens is 210 g/mol. The molecule has 0 aromatic heterocycles. The predicted octanol–water partition coefficient (Wildman–Crippen LogP) is 2.56. The zero-order valence-corrected chi connectivity index (χ0v) is 10.7. The Kier molecular flexibility index (Phi) is 5.02. The Balaban J connectivity index is 1.71. The maximum absolute atomic E-state index is 5.34. The zero-order chi connectivity index (χ0) is 11.9. The highest BCUT2D eigenvalue weighted by atomic mass is 16.5. The minimum absolute atomic E-state index is 0.659. The van der Waals surface area contributed by atoms with E-state index in [-0.39, 0.29) is 0 Å². The summed E-state index contributed by atoms with van der Waals surface area (Å²) in [7, 11) is 0. The maximum Gasteiger partial charge on any atom is 0.0477 e. The van der Waals surface area contributed by atoms with E-state index < -0.39 is 0 Å². The lowest BCUT2D eigenvalue weighted by Gasteiger charge is -2.25. The minimum atomic E-state index is 0.659. The first-order valence-corrected chi connectivity index (χ1v) is 6.78. The van der Waals surface area contributed by atoms with Crippen molar-refractivity contribution in [3.8, 4) is 0 Å². The molecule has 2 nitrogen and oxygen atoms in total. The lowest BCUT2D eigenvalue weighted by Crippen LogP contribution is -2.35. The normalized spacial score (nSPS) is 19.0. The first-order chi connectivity index (χ1) is 8.40. The maximum atomic E-state index is 5.34. The molecule has 0 aliphatic heterocycles. The molecular formula is C15H23NO. The fourth-order valence-electron chi connectivity index (χ4n) is 2.50. The summed E-state index contributed by atoms with van der Waals surface area (Å²) in [6.45, 7) is 4.84. The SMILES string of the molecule is CCOCCCNC1CCc2ccccc2C1. The zero-order valence-electron chi connectivity index (χ0n) is 10.7. The van der Waals surface area contributed by atoms with E-state index in [1.807, 2.05) is 6.92 Å². The average molecular weight is 233 g/mol.